The second-order valence-electron chi connectivity index (χ2n) is 4.67. The van der Waals surface area contributed by atoms with Gasteiger partial charge >= 0.3 is 0 Å². The van der Waals surface area contributed by atoms with Crippen LogP contribution in [0.2, 0.25) is 0 Å². The third-order valence-electron chi connectivity index (χ3n) is 3.28. The molecule has 100 valence electrons. The predicted molar refractivity (Wildman–Crippen MR) is 79.0 cm³/mol. The molecule has 0 fully saturated rings. The van der Waals surface area contributed by atoms with Crippen molar-refractivity contribution in [1.82, 2.24) is 4.98 Å². The molecule has 0 radical (unpaired) electrons. The summed E-state index contributed by atoms with van der Waals surface area (Å²) in [6.45, 7) is 4.08. The van der Waals surface area contributed by atoms with Gasteiger partial charge < -0.3 is 4.74 Å². The number of rotatable bonds is 4. The molecule has 2 nitrogen and oxygen atoms in total. The van der Waals surface area contributed by atoms with Crippen molar-refractivity contribution >= 4 is 11.6 Å². The average Bonchev–Trinajstić information content (AvgIpc) is 2.42. The van der Waals surface area contributed by atoms with Gasteiger partial charge in [0.1, 0.15) is 5.75 Å². The fourth-order valence-electron chi connectivity index (χ4n) is 2.05. The summed E-state index contributed by atoms with van der Waals surface area (Å²) in [4.78, 5) is 4.39. The molecule has 0 saturated carbocycles. The number of ether oxygens (including phenoxy) is 1. The van der Waals surface area contributed by atoms with Crippen molar-refractivity contribution in [2.45, 2.75) is 25.6 Å². The van der Waals surface area contributed by atoms with Crippen LogP contribution in [-0.2, 0) is 6.42 Å². The highest BCUT2D eigenvalue weighted by molar-refractivity contribution is 6.20. The van der Waals surface area contributed by atoms with Crippen molar-refractivity contribution in [2.24, 2.45) is 0 Å². The summed E-state index contributed by atoms with van der Waals surface area (Å²) < 4.78 is 5.34. The van der Waals surface area contributed by atoms with Crippen LogP contribution in [0.25, 0.3) is 0 Å². The number of pyridine rings is 1. The van der Waals surface area contributed by atoms with Gasteiger partial charge in [-0.15, -0.1) is 11.6 Å². The zero-order valence-electron chi connectivity index (χ0n) is 11.5. The van der Waals surface area contributed by atoms with E-state index in [9.17, 15) is 0 Å². The number of aromatic nitrogens is 1. The van der Waals surface area contributed by atoms with E-state index in [4.69, 9.17) is 16.3 Å². The Hall–Kier alpha value is -1.54. The molecular formula is C16H18ClNO. The minimum absolute atomic E-state index is 0.0944. The maximum absolute atomic E-state index is 6.50. The number of benzene rings is 1. The summed E-state index contributed by atoms with van der Waals surface area (Å²) in [5.41, 5.74) is 4.40. The lowest BCUT2D eigenvalue weighted by Crippen LogP contribution is -2.01. The van der Waals surface area contributed by atoms with Gasteiger partial charge in [-0.1, -0.05) is 18.2 Å². The first-order chi connectivity index (χ1) is 9.11. The van der Waals surface area contributed by atoms with E-state index in [0.29, 0.717) is 0 Å². The van der Waals surface area contributed by atoms with Gasteiger partial charge in [0.25, 0.3) is 0 Å². The van der Waals surface area contributed by atoms with Crippen molar-refractivity contribution in [2.75, 3.05) is 7.11 Å². The molecule has 0 aliphatic heterocycles. The molecule has 2 rings (SSSR count). The van der Waals surface area contributed by atoms with Crippen molar-refractivity contribution in [3.8, 4) is 5.75 Å². The minimum Gasteiger partial charge on any atom is -0.496 e. The second kappa shape index (κ2) is 6.07. The highest BCUT2D eigenvalue weighted by atomic mass is 35.5. The number of aryl methyl sites for hydroxylation is 2. The molecule has 1 unspecified atom stereocenters. The molecule has 1 aromatic heterocycles. The number of hydrogen-bond donors (Lipinski definition) is 0. The van der Waals surface area contributed by atoms with Gasteiger partial charge in [-0.2, -0.15) is 0 Å². The van der Waals surface area contributed by atoms with Crippen molar-refractivity contribution in [3.63, 3.8) is 0 Å². The zero-order chi connectivity index (χ0) is 13.8. The molecule has 0 N–H and O–H groups in total. The Morgan fingerprint density at radius 1 is 1.21 bits per heavy atom. The largest absolute Gasteiger partial charge is 0.496 e. The van der Waals surface area contributed by atoms with Crippen LogP contribution in [0.4, 0.5) is 0 Å². The normalized spacial score (nSPS) is 12.2. The molecule has 3 heteroatoms. The molecule has 1 heterocycles. The second-order valence-corrected chi connectivity index (χ2v) is 5.19. The Balaban J connectivity index is 2.20. The summed E-state index contributed by atoms with van der Waals surface area (Å²) >= 11 is 6.50. The monoisotopic (exact) mass is 275 g/mol. The van der Waals surface area contributed by atoms with Crippen molar-refractivity contribution in [3.05, 3.63) is 58.9 Å². The van der Waals surface area contributed by atoms with Crippen LogP contribution in [0.3, 0.4) is 0 Å². The van der Waals surface area contributed by atoms with E-state index >= 15 is 0 Å². The highest BCUT2D eigenvalue weighted by Crippen LogP contribution is 2.29. The van der Waals surface area contributed by atoms with E-state index in [-0.39, 0.29) is 5.38 Å². The van der Waals surface area contributed by atoms with Crippen LogP contribution in [0.15, 0.2) is 36.5 Å². The third kappa shape index (κ3) is 3.27. The number of alkyl halides is 1. The Morgan fingerprint density at radius 2 is 2.00 bits per heavy atom. The first-order valence-corrected chi connectivity index (χ1v) is 6.74. The van der Waals surface area contributed by atoms with Crippen LogP contribution in [0, 0.1) is 13.8 Å². The van der Waals surface area contributed by atoms with Crippen molar-refractivity contribution < 1.29 is 4.74 Å². The average molecular weight is 276 g/mol. The fraction of sp³-hybridized carbons (Fsp3) is 0.312. The van der Waals surface area contributed by atoms with Crippen LogP contribution in [0.1, 0.15) is 27.8 Å². The van der Waals surface area contributed by atoms with Gasteiger partial charge in [0.15, 0.2) is 0 Å². The minimum atomic E-state index is -0.0944. The lowest BCUT2D eigenvalue weighted by molar-refractivity contribution is 0.411. The molecule has 1 aromatic carbocycles. The Morgan fingerprint density at radius 3 is 2.68 bits per heavy atom. The summed E-state index contributed by atoms with van der Waals surface area (Å²) in [6, 6.07) is 10.1. The summed E-state index contributed by atoms with van der Waals surface area (Å²) in [7, 11) is 1.68. The zero-order valence-corrected chi connectivity index (χ0v) is 12.2. The summed E-state index contributed by atoms with van der Waals surface area (Å²) in [5, 5.41) is -0.0944. The number of methoxy groups -OCH3 is 1. The van der Waals surface area contributed by atoms with Gasteiger partial charge in [0.2, 0.25) is 0 Å². The SMILES string of the molecule is COc1cc(C(Cl)Cc2ncccc2C)ccc1C. The number of hydrogen-bond acceptors (Lipinski definition) is 2. The van der Waals surface area contributed by atoms with Crippen LogP contribution < -0.4 is 4.74 Å². The maximum Gasteiger partial charge on any atom is 0.122 e. The van der Waals surface area contributed by atoms with Gasteiger partial charge in [-0.3, -0.25) is 4.98 Å². The molecule has 19 heavy (non-hydrogen) atoms. The first kappa shape index (κ1) is 13.9. The van der Waals surface area contributed by atoms with E-state index in [1.807, 2.05) is 37.4 Å². The smallest absolute Gasteiger partial charge is 0.122 e. The molecule has 0 saturated heterocycles. The molecule has 0 aliphatic rings. The standard InChI is InChI=1S/C16H18ClNO/c1-11-5-4-8-18-15(11)10-14(17)13-7-6-12(2)16(9-13)19-3/h4-9,14H,10H2,1-3H3. The molecule has 0 spiro atoms. The van der Waals surface area contributed by atoms with Crippen molar-refractivity contribution in [1.29, 1.82) is 0 Å². The van der Waals surface area contributed by atoms with Gasteiger partial charge in [0, 0.05) is 18.3 Å². The first-order valence-electron chi connectivity index (χ1n) is 6.31. The topological polar surface area (TPSA) is 22.1 Å². The van der Waals surface area contributed by atoms with Gasteiger partial charge in [-0.25, -0.2) is 0 Å². The van der Waals surface area contributed by atoms with Crippen LogP contribution >= 0.6 is 11.6 Å². The Bertz CT molecular complexity index is 568. The predicted octanol–water partition coefficient (Wildman–Crippen LogP) is 4.23. The third-order valence-corrected chi connectivity index (χ3v) is 3.69. The molecular weight excluding hydrogens is 258 g/mol. The van der Waals surface area contributed by atoms with Crippen LogP contribution in [-0.4, -0.2) is 12.1 Å². The molecule has 1 atom stereocenters. The highest BCUT2D eigenvalue weighted by Gasteiger charge is 2.13. The van der Waals surface area contributed by atoms with E-state index in [0.717, 1.165) is 29.0 Å². The lowest BCUT2D eigenvalue weighted by atomic mass is 10.0. The summed E-state index contributed by atoms with van der Waals surface area (Å²) in [5.74, 6) is 0.876. The number of halogens is 1. The molecule has 0 bridgehead atoms. The Kier molecular flexibility index (Phi) is 4.43. The van der Waals surface area contributed by atoms with Gasteiger partial charge in [-0.05, 0) is 42.7 Å². The van der Waals surface area contributed by atoms with Crippen LogP contribution in [0.5, 0.6) is 5.75 Å². The number of nitrogens with zero attached hydrogens (tertiary/aromatic N) is 1. The van der Waals surface area contributed by atoms with E-state index in [1.54, 1.807) is 7.11 Å². The maximum atomic E-state index is 6.50. The summed E-state index contributed by atoms with van der Waals surface area (Å²) in [6.07, 6.45) is 2.53. The lowest BCUT2D eigenvalue weighted by Gasteiger charge is -2.13. The van der Waals surface area contributed by atoms with E-state index in [2.05, 4.69) is 18.0 Å². The van der Waals surface area contributed by atoms with Gasteiger partial charge in [0.05, 0.1) is 12.5 Å². The van der Waals surface area contributed by atoms with E-state index < -0.39 is 0 Å². The Labute approximate surface area is 119 Å². The van der Waals surface area contributed by atoms with E-state index in [1.165, 1.54) is 5.56 Å². The quantitative estimate of drug-likeness (QED) is 0.779. The fourth-order valence-corrected chi connectivity index (χ4v) is 2.33. The molecule has 2 aromatic rings. The molecule has 0 aliphatic carbocycles. The molecule has 0 amide bonds.